The highest BCUT2D eigenvalue weighted by molar-refractivity contribution is 5.75. The van der Waals surface area contributed by atoms with Crippen molar-refractivity contribution >= 4 is 5.78 Å². The van der Waals surface area contributed by atoms with Gasteiger partial charge in [-0.05, 0) is 31.1 Å². The molecule has 0 aliphatic rings. The summed E-state index contributed by atoms with van der Waals surface area (Å²) >= 11 is 0. The molecule has 15 heavy (non-hydrogen) atoms. The van der Waals surface area contributed by atoms with Crippen molar-refractivity contribution in [3.8, 4) is 0 Å². The van der Waals surface area contributed by atoms with Gasteiger partial charge in [0, 0.05) is 6.42 Å². The summed E-state index contributed by atoms with van der Waals surface area (Å²) in [6, 6.07) is 0. The van der Waals surface area contributed by atoms with Crippen LogP contribution in [-0.2, 0) is 4.79 Å². The first kappa shape index (κ1) is 14.6. The average Bonchev–Trinajstić information content (AvgIpc) is 2.15. The Bertz CT molecular complexity index is 177. The predicted octanol–water partition coefficient (Wildman–Crippen LogP) is 4.01. The van der Waals surface area contributed by atoms with Crippen LogP contribution < -0.4 is 0 Å². The zero-order valence-electron chi connectivity index (χ0n) is 10.6. The van der Waals surface area contributed by atoms with E-state index in [1.165, 1.54) is 0 Å². The van der Waals surface area contributed by atoms with Crippen LogP contribution in [0.2, 0.25) is 0 Å². The largest absolute Gasteiger partial charge is 0.300 e. The number of hydrogen-bond donors (Lipinski definition) is 0. The van der Waals surface area contributed by atoms with Gasteiger partial charge in [-0.3, -0.25) is 4.39 Å². The van der Waals surface area contributed by atoms with Crippen molar-refractivity contribution in [2.24, 2.45) is 17.8 Å². The summed E-state index contributed by atoms with van der Waals surface area (Å²) in [6.07, 6.45) is 3.73. The number of carbonyl (C=O) groups is 1. The Kier molecular flexibility index (Phi) is 7.63. The van der Waals surface area contributed by atoms with E-state index in [9.17, 15) is 9.18 Å². The first-order valence-corrected chi connectivity index (χ1v) is 6.08. The van der Waals surface area contributed by atoms with Gasteiger partial charge in [0.25, 0.3) is 0 Å². The Labute approximate surface area is 93.4 Å². The van der Waals surface area contributed by atoms with Crippen LogP contribution in [0.1, 0.15) is 53.4 Å². The van der Waals surface area contributed by atoms with Crippen molar-refractivity contribution in [3.05, 3.63) is 0 Å². The molecule has 2 heteroatoms. The molecule has 0 radical (unpaired) electrons. The molecular weight excluding hydrogens is 191 g/mol. The second-order valence-corrected chi connectivity index (χ2v) is 4.87. The van der Waals surface area contributed by atoms with E-state index in [0.29, 0.717) is 18.3 Å². The van der Waals surface area contributed by atoms with Gasteiger partial charge in [-0.2, -0.15) is 0 Å². The molecule has 0 saturated carbocycles. The monoisotopic (exact) mass is 216 g/mol. The van der Waals surface area contributed by atoms with Crippen LogP contribution in [0.4, 0.5) is 4.39 Å². The van der Waals surface area contributed by atoms with Gasteiger partial charge in [0.2, 0.25) is 0 Å². The van der Waals surface area contributed by atoms with Crippen molar-refractivity contribution in [2.75, 3.05) is 6.67 Å². The third-order valence-electron chi connectivity index (χ3n) is 3.10. The van der Waals surface area contributed by atoms with Gasteiger partial charge in [0.05, 0.1) is 6.67 Å². The van der Waals surface area contributed by atoms with E-state index < -0.39 is 0 Å². The summed E-state index contributed by atoms with van der Waals surface area (Å²) in [5, 5.41) is 0. The summed E-state index contributed by atoms with van der Waals surface area (Å²) in [5.74, 6) is 0.879. The summed E-state index contributed by atoms with van der Waals surface area (Å²) in [6.45, 7) is 7.60. The van der Waals surface area contributed by atoms with E-state index in [2.05, 4.69) is 20.8 Å². The minimum atomic E-state index is -0.355. The molecule has 1 nitrogen and oxygen atoms in total. The maximum Gasteiger partial charge on any atom is 0.130 e. The second kappa shape index (κ2) is 7.84. The van der Waals surface area contributed by atoms with E-state index >= 15 is 0 Å². The van der Waals surface area contributed by atoms with Crippen LogP contribution in [-0.4, -0.2) is 12.5 Å². The molecule has 90 valence electrons. The van der Waals surface area contributed by atoms with Crippen molar-refractivity contribution in [2.45, 2.75) is 53.4 Å². The van der Waals surface area contributed by atoms with E-state index in [-0.39, 0.29) is 18.4 Å². The summed E-state index contributed by atoms with van der Waals surface area (Å²) in [7, 11) is 0. The Balaban J connectivity index is 4.33. The number of unbranched alkanes of at least 4 members (excludes halogenated alkanes) is 1. The average molecular weight is 216 g/mol. The quantitative estimate of drug-likeness (QED) is 0.599. The fraction of sp³-hybridized carbons (Fsp3) is 0.923. The van der Waals surface area contributed by atoms with Crippen LogP contribution in [0.3, 0.4) is 0 Å². The number of Topliss-reactive ketones (excluding diaryl/α,β-unsaturated/α-hetero) is 1. The molecule has 0 N–H and O–H groups in total. The standard InChI is InChI=1S/C13H25FO/c1-5-6-7-13(10(2)3)12(9-14)8-11(4)15/h10,12-13H,5-9H2,1-4H3/t12-,13+/m1/s1. The van der Waals surface area contributed by atoms with E-state index in [0.717, 1.165) is 19.3 Å². The molecule has 0 saturated heterocycles. The van der Waals surface area contributed by atoms with Crippen LogP contribution in [0.5, 0.6) is 0 Å². The molecule has 0 bridgehead atoms. The van der Waals surface area contributed by atoms with Crippen molar-refractivity contribution in [1.82, 2.24) is 0 Å². The zero-order chi connectivity index (χ0) is 11.8. The molecule has 0 aromatic carbocycles. The Morgan fingerprint density at radius 2 is 1.93 bits per heavy atom. The Morgan fingerprint density at radius 1 is 1.33 bits per heavy atom. The number of rotatable bonds is 8. The van der Waals surface area contributed by atoms with E-state index in [1.807, 2.05) is 0 Å². The van der Waals surface area contributed by atoms with Gasteiger partial charge in [0.1, 0.15) is 5.78 Å². The number of halogens is 1. The van der Waals surface area contributed by atoms with E-state index in [4.69, 9.17) is 0 Å². The highest BCUT2D eigenvalue weighted by Crippen LogP contribution is 2.29. The molecule has 0 fully saturated rings. The highest BCUT2D eigenvalue weighted by Gasteiger charge is 2.25. The molecule has 0 aliphatic carbocycles. The molecular formula is C13H25FO. The van der Waals surface area contributed by atoms with Gasteiger partial charge in [-0.1, -0.05) is 33.6 Å². The SMILES string of the molecule is CCCC[C@@H](C(C)C)[C@@H](CF)CC(C)=O. The molecule has 0 amide bonds. The topological polar surface area (TPSA) is 17.1 Å². The van der Waals surface area contributed by atoms with Crippen molar-refractivity contribution in [3.63, 3.8) is 0 Å². The normalized spacial score (nSPS) is 15.3. The van der Waals surface area contributed by atoms with Gasteiger partial charge in [0.15, 0.2) is 0 Å². The maximum absolute atomic E-state index is 12.9. The molecule has 0 aromatic rings. The number of ketones is 1. The van der Waals surface area contributed by atoms with Crippen LogP contribution in [0.15, 0.2) is 0 Å². The molecule has 0 heterocycles. The first-order chi connectivity index (χ1) is 7.02. The lowest BCUT2D eigenvalue weighted by atomic mass is 9.78. The van der Waals surface area contributed by atoms with Gasteiger partial charge in [-0.25, -0.2) is 0 Å². The van der Waals surface area contributed by atoms with E-state index in [1.54, 1.807) is 6.92 Å². The van der Waals surface area contributed by atoms with Gasteiger partial charge >= 0.3 is 0 Å². The van der Waals surface area contributed by atoms with Gasteiger partial charge < -0.3 is 4.79 Å². The zero-order valence-corrected chi connectivity index (χ0v) is 10.6. The molecule has 2 atom stereocenters. The van der Waals surface area contributed by atoms with Crippen molar-refractivity contribution in [1.29, 1.82) is 0 Å². The molecule has 0 aromatic heterocycles. The summed E-state index contributed by atoms with van der Waals surface area (Å²) in [4.78, 5) is 11.0. The first-order valence-electron chi connectivity index (χ1n) is 6.08. The lowest BCUT2D eigenvalue weighted by molar-refractivity contribution is -0.118. The fourth-order valence-corrected chi connectivity index (χ4v) is 2.24. The van der Waals surface area contributed by atoms with Gasteiger partial charge in [-0.15, -0.1) is 0 Å². The molecule has 0 aliphatic heterocycles. The van der Waals surface area contributed by atoms with Crippen LogP contribution in [0.25, 0.3) is 0 Å². The molecule has 0 rings (SSSR count). The lowest BCUT2D eigenvalue weighted by Gasteiger charge is -2.27. The lowest BCUT2D eigenvalue weighted by Crippen LogP contribution is -2.24. The number of carbonyl (C=O) groups excluding carboxylic acids is 1. The molecule has 0 unspecified atom stereocenters. The number of hydrogen-bond acceptors (Lipinski definition) is 1. The van der Waals surface area contributed by atoms with Crippen LogP contribution in [0, 0.1) is 17.8 Å². The smallest absolute Gasteiger partial charge is 0.130 e. The maximum atomic E-state index is 12.9. The summed E-state index contributed by atoms with van der Waals surface area (Å²) in [5.41, 5.74) is 0. The minimum absolute atomic E-state index is 0.0611. The third kappa shape index (κ3) is 5.91. The fourth-order valence-electron chi connectivity index (χ4n) is 2.24. The Morgan fingerprint density at radius 3 is 2.27 bits per heavy atom. The summed E-state index contributed by atoms with van der Waals surface area (Å²) < 4.78 is 12.9. The molecule has 0 spiro atoms. The highest BCUT2D eigenvalue weighted by atomic mass is 19.1. The second-order valence-electron chi connectivity index (χ2n) is 4.87. The predicted molar refractivity (Wildman–Crippen MR) is 62.6 cm³/mol. The number of alkyl halides is 1. The van der Waals surface area contributed by atoms with Crippen LogP contribution >= 0.6 is 0 Å². The minimum Gasteiger partial charge on any atom is -0.300 e. The Hall–Kier alpha value is -0.400. The third-order valence-corrected chi connectivity index (χ3v) is 3.10. The van der Waals surface area contributed by atoms with Crippen molar-refractivity contribution < 1.29 is 9.18 Å².